The minimum absolute atomic E-state index is 0.479. The first-order valence-electron chi connectivity index (χ1n) is 9.05. The molecule has 0 saturated heterocycles. The molecule has 0 rings (SSSR count). The Labute approximate surface area is 162 Å². The first kappa shape index (κ1) is 26.5. The van der Waals surface area contributed by atoms with Gasteiger partial charge in [0.2, 0.25) is 22.4 Å². The average molecular weight is 449 g/mol. The van der Waals surface area contributed by atoms with Crippen molar-refractivity contribution in [2.75, 3.05) is 12.3 Å². The van der Waals surface area contributed by atoms with Gasteiger partial charge in [-0.15, -0.1) is 0 Å². The maximum Gasteiger partial charge on any atom is 0.441 e. The highest BCUT2D eigenvalue weighted by atomic mass is 28.4. The summed E-state index contributed by atoms with van der Waals surface area (Å²) in [7, 11) is -8.42. The second-order valence-electron chi connectivity index (χ2n) is 10.4. The zero-order valence-corrected chi connectivity index (χ0v) is 22.4. The number of hydrogen-bond acceptors (Lipinski definition) is 4. The van der Waals surface area contributed by atoms with E-state index in [2.05, 4.69) is 49.2 Å². The van der Waals surface area contributed by atoms with Gasteiger partial charge in [-0.1, -0.05) is 39.3 Å². The number of nitrogens with one attached hydrogen (secondary N) is 2. The molecule has 0 aliphatic rings. The Hall–Kier alpha value is 0.498. The van der Waals surface area contributed by atoms with E-state index in [1.54, 1.807) is 0 Å². The molecule has 0 fully saturated rings. The van der Waals surface area contributed by atoms with E-state index < -0.39 is 45.1 Å². The summed E-state index contributed by atoms with van der Waals surface area (Å²) in [4.78, 5) is 6.80. The summed E-state index contributed by atoms with van der Waals surface area (Å²) >= 11 is 0. The van der Waals surface area contributed by atoms with Crippen LogP contribution in [0.2, 0.25) is 65.5 Å². The van der Waals surface area contributed by atoms with Crippen molar-refractivity contribution in [1.29, 1.82) is 0 Å². The molecular formula is C15H39F3N2O2Si4. The monoisotopic (exact) mass is 448 g/mol. The van der Waals surface area contributed by atoms with Gasteiger partial charge in [0.15, 0.2) is 0 Å². The van der Waals surface area contributed by atoms with Gasteiger partial charge in [0, 0.05) is 12.3 Å². The lowest BCUT2D eigenvalue weighted by Gasteiger charge is -2.44. The lowest BCUT2D eigenvalue weighted by atomic mass is 10.3. The van der Waals surface area contributed by atoms with Gasteiger partial charge in [0.25, 0.3) is 0 Å². The van der Waals surface area contributed by atoms with Crippen LogP contribution in [0.1, 0.15) is 6.92 Å². The number of alkyl halides is 3. The number of rotatable bonds is 10. The van der Waals surface area contributed by atoms with Gasteiger partial charge in [0.05, 0.1) is 0 Å². The van der Waals surface area contributed by atoms with E-state index in [9.17, 15) is 13.2 Å². The van der Waals surface area contributed by atoms with Gasteiger partial charge >= 0.3 is 6.18 Å². The van der Waals surface area contributed by atoms with E-state index in [-0.39, 0.29) is 0 Å². The Morgan fingerprint density at radius 1 is 0.654 bits per heavy atom. The van der Waals surface area contributed by atoms with Crippen LogP contribution in [0.15, 0.2) is 0 Å². The minimum Gasteiger partial charge on any atom is -0.383 e. The van der Waals surface area contributed by atoms with Gasteiger partial charge < -0.3 is 18.8 Å². The molecule has 0 saturated carbocycles. The highest BCUT2D eigenvalue weighted by molar-refractivity contribution is 6.78. The van der Waals surface area contributed by atoms with Crippen molar-refractivity contribution in [2.24, 2.45) is 0 Å². The second kappa shape index (κ2) is 8.47. The van der Waals surface area contributed by atoms with Crippen LogP contribution >= 0.6 is 0 Å². The topological polar surface area (TPSA) is 42.5 Å². The van der Waals surface area contributed by atoms with Crippen molar-refractivity contribution in [3.05, 3.63) is 0 Å². The number of hydrogen-bond donors (Lipinski definition) is 2. The fourth-order valence-corrected chi connectivity index (χ4v) is 12.5. The summed E-state index contributed by atoms with van der Waals surface area (Å²) in [5.41, 5.74) is 0. The van der Waals surface area contributed by atoms with E-state index in [0.29, 0.717) is 12.3 Å². The number of halogens is 3. The molecule has 0 aliphatic heterocycles. The highest BCUT2D eigenvalue weighted by Gasteiger charge is 2.58. The third-order valence-corrected chi connectivity index (χ3v) is 10.7. The molecule has 26 heavy (non-hydrogen) atoms. The molecule has 0 aromatic rings. The fourth-order valence-electron chi connectivity index (χ4n) is 2.22. The van der Waals surface area contributed by atoms with Crippen molar-refractivity contribution in [1.82, 2.24) is 9.96 Å². The van der Waals surface area contributed by atoms with Crippen molar-refractivity contribution in [3.63, 3.8) is 0 Å². The van der Waals surface area contributed by atoms with E-state index in [1.807, 2.05) is 26.2 Å². The van der Waals surface area contributed by atoms with Crippen LogP contribution in [-0.2, 0) is 8.85 Å². The molecule has 0 aromatic carbocycles. The third-order valence-electron chi connectivity index (χ3n) is 3.55. The lowest BCUT2D eigenvalue weighted by Crippen LogP contribution is -2.63. The van der Waals surface area contributed by atoms with Gasteiger partial charge in [-0.05, 0) is 33.1 Å². The molecule has 11 heteroatoms. The molecule has 158 valence electrons. The maximum absolute atomic E-state index is 13.9. The predicted molar refractivity (Wildman–Crippen MR) is 114 cm³/mol. The van der Waals surface area contributed by atoms with Crippen molar-refractivity contribution < 1.29 is 22.0 Å². The predicted octanol–water partition coefficient (Wildman–Crippen LogP) is 4.64. The molecule has 0 radical (unpaired) electrons. The summed E-state index contributed by atoms with van der Waals surface area (Å²) in [6.07, 6.45) is -3.63. The Morgan fingerprint density at radius 3 is 1.12 bits per heavy atom. The van der Waals surface area contributed by atoms with E-state index >= 15 is 0 Å². The van der Waals surface area contributed by atoms with Crippen LogP contribution in [-0.4, -0.2) is 57.4 Å². The first-order valence-corrected chi connectivity index (χ1v) is 22.3. The molecule has 4 nitrogen and oxygen atoms in total. The third kappa shape index (κ3) is 10.7. The Kier molecular flexibility index (Phi) is 8.63. The molecule has 0 unspecified atom stereocenters. The Bertz CT molecular complexity index is 429. The van der Waals surface area contributed by atoms with Crippen LogP contribution in [0.25, 0.3) is 0 Å². The molecule has 0 atom stereocenters. The Balaban J connectivity index is 5.33. The molecule has 0 aromatic heterocycles. The van der Waals surface area contributed by atoms with E-state index in [0.717, 1.165) is 6.92 Å². The Morgan fingerprint density at radius 2 is 0.923 bits per heavy atom. The molecular weight excluding hydrogens is 410 g/mol. The standard InChI is InChI=1S/C15H39F3N2O2Si4/c1-14(15(16,17)18,21-25(8,9)12-19-23(2,3)4)22-26(10,11)13-20-24(5,6)7/h19-20H,12-13H2,1-11H3. The zero-order valence-electron chi connectivity index (χ0n) is 18.4. The van der Waals surface area contributed by atoms with Gasteiger partial charge in [0.1, 0.15) is 16.5 Å². The summed E-state index contributed by atoms with van der Waals surface area (Å²) in [6, 6.07) is 0. The van der Waals surface area contributed by atoms with Crippen LogP contribution in [0.3, 0.4) is 0 Å². The molecule has 2 N–H and O–H groups in total. The summed E-state index contributed by atoms with van der Waals surface area (Å²) in [5, 5.41) is 0. The van der Waals surface area contributed by atoms with E-state index in [4.69, 9.17) is 8.85 Å². The second-order valence-corrected chi connectivity index (χ2v) is 28.2. The molecule has 0 heterocycles. The van der Waals surface area contributed by atoms with Gasteiger partial charge in [-0.3, -0.25) is 0 Å². The van der Waals surface area contributed by atoms with Crippen molar-refractivity contribution in [2.45, 2.75) is 84.4 Å². The zero-order chi connectivity index (χ0) is 21.2. The summed E-state index contributed by atoms with van der Waals surface area (Å²) in [5.74, 6) is -2.57. The van der Waals surface area contributed by atoms with Crippen LogP contribution < -0.4 is 9.96 Å². The largest absolute Gasteiger partial charge is 0.441 e. The molecule has 0 aliphatic carbocycles. The fraction of sp³-hybridized carbons (Fsp3) is 1.00. The van der Waals surface area contributed by atoms with Gasteiger partial charge in [-0.2, -0.15) is 13.2 Å². The quantitative estimate of drug-likeness (QED) is 0.377. The normalized spacial score (nSPS) is 15.5. The minimum atomic E-state index is -4.58. The maximum atomic E-state index is 13.9. The summed E-state index contributed by atoms with van der Waals surface area (Å²) in [6.45, 7) is 21.0. The van der Waals surface area contributed by atoms with Crippen molar-refractivity contribution in [3.8, 4) is 0 Å². The van der Waals surface area contributed by atoms with E-state index in [1.165, 1.54) is 0 Å². The molecule has 0 bridgehead atoms. The summed E-state index contributed by atoms with van der Waals surface area (Å²) < 4.78 is 53.1. The SMILES string of the molecule is CC(O[Si](C)(C)CN[Si](C)(C)C)(O[Si](C)(C)CN[Si](C)(C)C)C(F)(F)F. The average Bonchev–Trinajstić information content (AvgIpc) is 2.30. The van der Waals surface area contributed by atoms with Crippen molar-refractivity contribution >= 4 is 33.1 Å². The van der Waals surface area contributed by atoms with Gasteiger partial charge in [-0.25, -0.2) is 0 Å². The highest BCUT2D eigenvalue weighted by Crippen LogP contribution is 2.38. The lowest BCUT2D eigenvalue weighted by molar-refractivity contribution is -0.321. The molecule has 0 spiro atoms. The smallest absolute Gasteiger partial charge is 0.383 e. The first-order chi connectivity index (χ1) is 11.1. The molecule has 0 amide bonds. The van der Waals surface area contributed by atoms with Crippen LogP contribution in [0, 0.1) is 0 Å². The van der Waals surface area contributed by atoms with Crippen LogP contribution in [0.5, 0.6) is 0 Å². The van der Waals surface area contributed by atoms with Crippen LogP contribution in [0.4, 0.5) is 13.2 Å².